The molecule has 1 heterocycles. The van der Waals surface area contributed by atoms with Crippen LogP contribution in [0.25, 0.3) is 0 Å². The van der Waals surface area contributed by atoms with Crippen molar-refractivity contribution in [2.45, 2.75) is 40.0 Å². The normalized spacial score (nSPS) is 16.7. The summed E-state index contributed by atoms with van der Waals surface area (Å²) in [5.41, 5.74) is 7.40. The third-order valence-electron chi connectivity index (χ3n) is 5.15. The minimum Gasteiger partial charge on any atom is -0.365 e. The van der Waals surface area contributed by atoms with Crippen LogP contribution in [-0.4, -0.2) is 11.8 Å². The highest BCUT2D eigenvalue weighted by molar-refractivity contribution is 7.17. The molecule has 1 aliphatic carbocycles. The standard InChI is InChI=1S/C20H22Cl2N2O2S/c1-20(2,3)10-7-8-11-14(9-10)27-19(15(11)17(23)25)24-18(26)16-12(21)5-4-6-13(16)22/h4-6,10H,7-9H2,1-3H3,(H2,23,25)(H,24,26). The summed E-state index contributed by atoms with van der Waals surface area (Å²) >= 11 is 13.7. The molecule has 1 atom stereocenters. The Hall–Kier alpha value is -1.56. The van der Waals surface area contributed by atoms with Gasteiger partial charge in [0.1, 0.15) is 5.00 Å². The lowest BCUT2D eigenvalue weighted by molar-refractivity contribution is 0.1000. The monoisotopic (exact) mass is 424 g/mol. The second-order valence-electron chi connectivity index (χ2n) is 7.93. The van der Waals surface area contributed by atoms with Gasteiger partial charge in [-0.3, -0.25) is 9.59 Å². The number of hydrogen-bond donors (Lipinski definition) is 2. The second kappa shape index (κ2) is 7.46. The third-order valence-corrected chi connectivity index (χ3v) is 6.95. The zero-order chi connectivity index (χ0) is 19.9. The van der Waals surface area contributed by atoms with E-state index in [0.29, 0.717) is 16.5 Å². The van der Waals surface area contributed by atoms with Crippen LogP contribution in [0.4, 0.5) is 5.00 Å². The van der Waals surface area contributed by atoms with Crippen LogP contribution in [0.2, 0.25) is 10.0 Å². The Morgan fingerprint density at radius 3 is 2.37 bits per heavy atom. The highest BCUT2D eigenvalue weighted by atomic mass is 35.5. The van der Waals surface area contributed by atoms with Gasteiger partial charge in [0.05, 0.1) is 21.2 Å². The molecule has 0 aliphatic heterocycles. The molecule has 1 aromatic heterocycles. The van der Waals surface area contributed by atoms with Crippen molar-refractivity contribution >= 4 is 51.4 Å². The molecule has 2 aromatic rings. The first-order chi connectivity index (χ1) is 12.6. The van der Waals surface area contributed by atoms with Gasteiger partial charge < -0.3 is 11.1 Å². The van der Waals surface area contributed by atoms with Crippen LogP contribution < -0.4 is 11.1 Å². The van der Waals surface area contributed by atoms with Crippen molar-refractivity contribution in [3.63, 3.8) is 0 Å². The van der Waals surface area contributed by atoms with Crippen LogP contribution in [0.5, 0.6) is 0 Å². The van der Waals surface area contributed by atoms with Crippen molar-refractivity contribution in [3.8, 4) is 0 Å². The number of nitrogens with two attached hydrogens (primary N) is 1. The number of hydrogen-bond acceptors (Lipinski definition) is 3. The first-order valence-electron chi connectivity index (χ1n) is 8.79. The topological polar surface area (TPSA) is 72.2 Å². The Kier molecular flexibility index (Phi) is 5.57. The lowest BCUT2D eigenvalue weighted by atomic mass is 9.72. The van der Waals surface area contributed by atoms with Gasteiger partial charge in [-0.25, -0.2) is 0 Å². The van der Waals surface area contributed by atoms with Crippen molar-refractivity contribution in [1.29, 1.82) is 0 Å². The van der Waals surface area contributed by atoms with E-state index >= 15 is 0 Å². The molecule has 0 spiro atoms. The third kappa shape index (κ3) is 4.00. The van der Waals surface area contributed by atoms with Crippen LogP contribution >= 0.6 is 34.5 Å². The number of anilines is 1. The summed E-state index contributed by atoms with van der Waals surface area (Å²) in [6.45, 7) is 6.69. The number of carbonyl (C=O) groups is 2. The lowest BCUT2D eigenvalue weighted by Crippen LogP contribution is -2.27. The SMILES string of the molecule is CC(C)(C)C1CCc2c(sc(NC(=O)c3c(Cl)cccc3Cl)c2C(N)=O)C1. The van der Waals surface area contributed by atoms with E-state index in [4.69, 9.17) is 28.9 Å². The van der Waals surface area contributed by atoms with Gasteiger partial charge in [-0.1, -0.05) is 50.0 Å². The molecule has 4 nitrogen and oxygen atoms in total. The average Bonchev–Trinajstić information content (AvgIpc) is 2.90. The first kappa shape index (κ1) is 20.2. The molecule has 0 saturated carbocycles. The Morgan fingerprint density at radius 1 is 1.19 bits per heavy atom. The van der Waals surface area contributed by atoms with Crippen molar-refractivity contribution in [2.24, 2.45) is 17.1 Å². The van der Waals surface area contributed by atoms with Crippen LogP contribution in [0, 0.1) is 11.3 Å². The quantitative estimate of drug-likeness (QED) is 0.676. The van der Waals surface area contributed by atoms with E-state index in [1.165, 1.54) is 11.3 Å². The smallest absolute Gasteiger partial charge is 0.259 e. The minimum absolute atomic E-state index is 0.184. The molecule has 7 heteroatoms. The summed E-state index contributed by atoms with van der Waals surface area (Å²) in [5.74, 6) is -0.452. The molecule has 1 unspecified atom stereocenters. The highest BCUT2D eigenvalue weighted by Gasteiger charge is 2.33. The van der Waals surface area contributed by atoms with Crippen molar-refractivity contribution in [3.05, 3.63) is 49.8 Å². The number of amides is 2. The van der Waals surface area contributed by atoms with Crippen LogP contribution in [0.15, 0.2) is 18.2 Å². The summed E-state index contributed by atoms with van der Waals surface area (Å²) < 4.78 is 0. The van der Waals surface area contributed by atoms with E-state index in [2.05, 4.69) is 26.1 Å². The zero-order valence-electron chi connectivity index (χ0n) is 15.5. The molecule has 2 amide bonds. The first-order valence-corrected chi connectivity index (χ1v) is 10.4. The number of carbonyl (C=O) groups excluding carboxylic acids is 2. The summed E-state index contributed by atoms with van der Waals surface area (Å²) in [7, 11) is 0. The van der Waals surface area contributed by atoms with E-state index in [1.807, 2.05) is 0 Å². The molecular weight excluding hydrogens is 403 g/mol. The number of benzene rings is 1. The largest absolute Gasteiger partial charge is 0.365 e. The molecule has 3 rings (SSSR count). The highest BCUT2D eigenvalue weighted by Crippen LogP contribution is 2.44. The maximum absolute atomic E-state index is 12.7. The second-order valence-corrected chi connectivity index (χ2v) is 9.85. The van der Waals surface area contributed by atoms with E-state index < -0.39 is 11.8 Å². The molecular formula is C20H22Cl2N2O2S. The Labute approximate surface area is 173 Å². The number of nitrogens with one attached hydrogen (secondary N) is 1. The van der Waals surface area contributed by atoms with Gasteiger partial charge in [0, 0.05) is 4.88 Å². The van der Waals surface area contributed by atoms with Crippen LogP contribution in [0.1, 0.15) is 58.3 Å². The summed E-state index contributed by atoms with van der Waals surface area (Å²) in [6.07, 6.45) is 2.67. The van der Waals surface area contributed by atoms with Crippen molar-refractivity contribution < 1.29 is 9.59 Å². The Balaban J connectivity index is 1.96. The molecule has 3 N–H and O–H groups in total. The fourth-order valence-corrected chi connectivity index (χ4v) is 5.45. The van der Waals surface area contributed by atoms with E-state index in [0.717, 1.165) is 29.7 Å². The van der Waals surface area contributed by atoms with Gasteiger partial charge in [-0.15, -0.1) is 11.3 Å². The van der Waals surface area contributed by atoms with E-state index in [-0.39, 0.29) is 21.0 Å². The fourth-order valence-electron chi connectivity index (χ4n) is 3.55. The molecule has 0 fully saturated rings. The number of thiophene rings is 1. The molecule has 27 heavy (non-hydrogen) atoms. The molecule has 0 saturated heterocycles. The molecule has 1 aliphatic rings. The van der Waals surface area contributed by atoms with E-state index in [9.17, 15) is 9.59 Å². The van der Waals surface area contributed by atoms with Gasteiger partial charge in [-0.2, -0.15) is 0 Å². The van der Waals surface area contributed by atoms with Crippen LogP contribution in [-0.2, 0) is 12.8 Å². The fraction of sp³-hybridized carbons (Fsp3) is 0.400. The Bertz CT molecular complexity index is 895. The predicted molar refractivity (Wildman–Crippen MR) is 112 cm³/mol. The van der Waals surface area contributed by atoms with Gasteiger partial charge in [0.2, 0.25) is 0 Å². The van der Waals surface area contributed by atoms with Gasteiger partial charge in [-0.05, 0) is 48.3 Å². The van der Waals surface area contributed by atoms with Crippen LogP contribution in [0.3, 0.4) is 0 Å². The van der Waals surface area contributed by atoms with Crippen molar-refractivity contribution in [1.82, 2.24) is 0 Å². The molecule has 0 bridgehead atoms. The summed E-state index contributed by atoms with van der Waals surface area (Å²) in [6, 6.07) is 4.88. The minimum atomic E-state index is -0.526. The van der Waals surface area contributed by atoms with E-state index in [1.54, 1.807) is 18.2 Å². The maximum Gasteiger partial charge on any atom is 0.259 e. The summed E-state index contributed by atoms with van der Waals surface area (Å²) in [4.78, 5) is 26.0. The number of halogens is 2. The van der Waals surface area contributed by atoms with Gasteiger partial charge >= 0.3 is 0 Å². The average molecular weight is 425 g/mol. The zero-order valence-corrected chi connectivity index (χ0v) is 17.8. The molecule has 0 radical (unpaired) electrons. The molecule has 1 aromatic carbocycles. The van der Waals surface area contributed by atoms with Gasteiger partial charge in [0.25, 0.3) is 11.8 Å². The van der Waals surface area contributed by atoms with Crippen molar-refractivity contribution in [2.75, 3.05) is 5.32 Å². The van der Waals surface area contributed by atoms with Gasteiger partial charge in [0.15, 0.2) is 0 Å². The lowest BCUT2D eigenvalue weighted by Gasteiger charge is -2.33. The summed E-state index contributed by atoms with van der Waals surface area (Å²) in [5, 5.41) is 3.80. The Morgan fingerprint density at radius 2 is 1.81 bits per heavy atom. The number of rotatable bonds is 3. The number of primary amides is 1. The predicted octanol–water partition coefficient (Wildman–Crippen LogP) is 5.56. The molecule has 144 valence electrons. The number of fused-ring (bicyclic) bond motifs is 1. The maximum atomic E-state index is 12.7.